The lowest BCUT2D eigenvalue weighted by molar-refractivity contribution is 0.0697. The second kappa shape index (κ2) is 4.98. The van der Waals surface area contributed by atoms with Crippen molar-refractivity contribution in [3.8, 4) is 0 Å². The van der Waals surface area contributed by atoms with Gasteiger partial charge in [0.25, 0.3) is 0 Å². The summed E-state index contributed by atoms with van der Waals surface area (Å²) >= 11 is 0. The second-order valence-corrected chi connectivity index (χ2v) is 8.92. The van der Waals surface area contributed by atoms with Crippen molar-refractivity contribution in [2.24, 2.45) is 0 Å². The first-order valence-corrected chi connectivity index (χ1v) is 8.47. The van der Waals surface area contributed by atoms with Crippen molar-refractivity contribution in [1.82, 2.24) is 0 Å². The molecule has 3 nitrogen and oxygen atoms in total. The summed E-state index contributed by atoms with van der Waals surface area (Å²) in [6.45, 7) is 6.31. The lowest BCUT2D eigenvalue weighted by Crippen LogP contribution is -2.21. The third-order valence-electron chi connectivity index (χ3n) is 1.84. The van der Waals surface area contributed by atoms with Crippen LogP contribution in [0.25, 0.3) is 6.08 Å². The van der Waals surface area contributed by atoms with Crippen LogP contribution in [0.3, 0.4) is 0 Å². The van der Waals surface area contributed by atoms with Crippen LogP contribution >= 0.6 is 0 Å². The third-order valence-corrected chi connectivity index (χ3v) is 2.68. The van der Waals surface area contributed by atoms with Gasteiger partial charge in [-0.05, 0) is 43.4 Å². The zero-order valence-electron chi connectivity index (χ0n) is 9.73. The minimum atomic E-state index is -1.52. The molecule has 4 heteroatoms. The Morgan fingerprint density at radius 2 is 1.81 bits per heavy atom. The largest absolute Gasteiger partial charge is 0.550 e. The zero-order valence-corrected chi connectivity index (χ0v) is 10.7. The van der Waals surface area contributed by atoms with Crippen LogP contribution in [0.4, 0.5) is 0 Å². The molecule has 0 spiro atoms. The lowest BCUT2D eigenvalue weighted by atomic mass is 10.1. The Kier molecular flexibility index (Phi) is 3.90. The Morgan fingerprint density at radius 3 is 2.25 bits per heavy atom. The summed E-state index contributed by atoms with van der Waals surface area (Å²) in [5.74, 6) is -0.908. The van der Waals surface area contributed by atoms with Crippen LogP contribution in [0.5, 0.6) is 0 Å². The number of hydrogen-bond donors (Lipinski definition) is 1. The first kappa shape index (κ1) is 12.5. The van der Waals surface area contributed by atoms with Gasteiger partial charge in [-0.15, -0.1) is 0 Å². The van der Waals surface area contributed by atoms with Crippen LogP contribution in [0.15, 0.2) is 30.5 Å². The van der Waals surface area contributed by atoms with Gasteiger partial charge in [-0.2, -0.15) is 0 Å². The summed E-state index contributed by atoms with van der Waals surface area (Å²) in [7, 11) is -1.52. The molecule has 0 atom stereocenters. The van der Waals surface area contributed by atoms with Gasteiger partial charge in [-0.3, -0.25) is 0 Å². The van der Waals surface area contributed by atoms with E-state index in [9.17, 15) is 4.79 Å². The predicted octanol–water partition coefficient (Wildman–Crippen LogP) is 3.21. The van der Waals surface area contributed by atoms with Gasteiger partial charge in [0.15, 0.2) is 0 Å². The number of carboxylic acids is 1. The number of benzene rings is 1. The van der Waals surface area contributed by atoms with E-state index in [1.54, 1.807) is 30.5 Å². The average molecular weight is 236 g/mol. The number of hydrogen-bond acceptors (Lipinski definition) is 2. The summed E-state index contributed by atoms with van der Waals surface area (Å²) in [5.41, 5.74) is 1.23. The summed E-state index contributed by atoms with van der Waals surface area (Å²) in [6, 6.07) is 6.67. The van der Waals surface area contributed by atoms with Gasteiger partial charge in [-0.1, -0.05) is 12.1 Å². The fourth-order valence-corrected chi connectivity index (χ4v) is 1.53. The van der Waals surface area contributed by atoms with E-state index in [1.807, 2.05) is 6.08 Å². The minimum absolute atomic E-state index is 0.295. The molecular formula is C12H16O3Si. The molecule has 0 fully saturated rings. The number of carboxylic acid groups (broad SMARTS) is 1. The van der Waals surface area contributed by atoms with Crippen molar-refractivity contribution in [3.63, 3.8) is 0 Å². The summed E-state index contributed by atoms with van der Waals surface area (Å²) < 4.78 is 5.55. The Labute approximate surface area is 96.5 Å². The van der Waals surface area contributed by atoms with Gasteiger partial charge in [0.2, 0.25) is 8.32 Å². The molecule has 0 aliphatic rings. The number of aromatic carboxylic acids is 1. The molecule has 0 radical (unpaired) electrons. The smallest absolute Gasteiger partial charge is 0.335 e. The molecule has 16 heavy (non-hydrogen) atoms. The van der Waals surface area contributed by atoms with E-state index < -0.39 is 14.3 Å². The highest BCUT2D eigenvalue weighted by Gasteiger charge is 2.12. The van der Waals surface area contributed by atoms with Crippen LogP contribution in [-0.2, 0) is 4.43 Å². The second-order valence-electron chi connectivity index (χ2n) is 4.46. The van der Waals surface area contributed by atoms with Crippen molar-refractivity contribution >= 4 is 20.4 Å². The molecular weight excluding hydrogens is 220 g/mol. The SMILES string of the molecule is C[Si](C)(C)OC=Cc1ccc(C(=O)O)cc1. The molecule has 0 saturated heterocycles. The van der Waals surface area contributed by atoms with Crippen LogP contribution in [0.2, 0.25) is 19.6 Å². The number of rotatable bonds is 4. The molecule has 0 saturated carbocycles. The molecule has 0 unspecified atom stereocenters. The topological polar surface area (TPSA) is 46.5 Å². The highest BCUT2D eigenvalue weighted by molar-refractivity contribution is 6.69. The molecule has 0 aliphatic carbocycles. The Morgan fingerprint density at radius 1 is 1.25 bits per heavy atom. The molecule has 0 amide bonds. The van der Waals surface area contributed by atoms with E-state index in [0.717, 1.165) is 5.56 Å². The first-order valence-electron chi connectivity index (χ1n) is 5.06. The zero-order chi connectivity index (χ0) is 12.2. The van der Waals surface area contributed by atoms with Crippen molar-refractivity contribution in [1.29, 1.82) is 0 Å². The van der Waals surface area contributed by atoms with Crippen LogP contribution in [-0.4, -0.2) is 19.4 Å². The molecule has 0 bridgehead atoms. The summed E-state index contributed by atoms with van der Waals surface area (Å²) in [5, 5.41) is 8.72. The predicted molar refractivity (Wildman–Crippen MR) is 66.9 cm³/mol. The van der Waals surface area contributed by atoms with Crippen molar-refractivity contribution < 1.29 is 14.3 Å². The van der Waals surface area contributed by atoms with E-state index in [-0.39, 0.29) is 0 Å². The van der Waals surface area contributed by atoms with Crippen LogP contribution in [0.1, 0.15) is 15.9 Å². The molecule has 0 aliphatic heterocycles. The monoisotopic (exact) mass is 236 g/mol. The third kappa shape index (κ3) is 4.31. The maximum atomic E-state index is 10.6. The normalized spacial score (nSPS) is 11.7. The molecule has 0 heterocycles. The Hall–Kier alpha value is -1.55. The summed E-state index contributed by atoms with van der Waals surface area (Å²) in [6.07, 6.45) is 3.52. The molecule has 1 aromatic carbocycles. The fraction of sp³-hybridized carbons (Fsp3) is 0.250. The Balaban J connectivity index is 2.65. The molecule has 1 rings (SSSR count). The van der Waals surface area contributed by atoms with E-state index >= 15 is 0 Å². The van der Waals surface area contributed by atoms with Crippen LogP contribution < -0.4 is 0 Å². The van der Waals surface area contributed by atoms with Gasteiger partial charge >= 0.3 is 5.97 Å². The quantitative estimate of drug-likeness (QED) is 0.645. The molecule has 0 aromatic heterocycles. The van der Waals surface area contributed by atoms with Crippen LogP contribution in [0, 0.1) is 0 Å². The molecule has 1 N–H and O–H groups in total. The Bertz CT molecular complexity index is 388. The van der Waals surface area contributed by atoms with E-state index in [0.29, 0.717) is 5.56 Å². The molecule has 1 aromatic rings. The molecule has 86 valence electrons. The summed E-state index contributed by atoms with van der Waals surface area (Å²) in [4.78, 5) is 10.6. The average Bonchev–Trinajstić information content (AvgIpc) is 2.16. The van der Waals surface area contributed by atoms with Gasteiger partial charge in [-0.25, -0.2) is 4.79 Å². The fourth-order valence-electron chi connectivity index (χ4n) is 1.05. The standard InChI is InChI=1S/C12H16O3Si/c1-16(2,3)15-9-8-10-4-6-11(7-5-10)12(13)14/h4-9H,1-3H3,(H,13,14). The van der Waals surface area contributed by atoms with Gasteiger partial charge < -0.3 is 9.53 Å². The van der Waals surface area contributed by atoms with Crippen molar-refractivity contribution in [2.45, 2.75) is 19.6 Å². The van der Waals surface area contributed by atoms with E-state index in [1.165, 1.54) is 0 Å². The lowest BCUT2D eigenvalue weighted by Gasteiger charge is -2.14. The highest BCUT2D eigenvalue weighted by atomic mass is 28.4. The van der Waals surface area contributed by atoms with Gasteiger partial charge in [0.05, 0.1) is 11.8 Å². The van der Waals surface area contributed by atoms with Crippen molar-refractivity contribution in [2.75, 3.05) is 0 Å². The van der Waals surface area contributed by atoms with Gasteiger partial charge in [0.1, 0.15) is 0 Å². The maximum Gasteiger partial charge on any atom is 0.335 e. The van der Waals surface area contributed by atoms with E-state index in [2.05, 4.69) is 19.6 Å². The first-order chi connectivity index (χ1) is 7.38. The maximum absolute atomic E-state index is 10.6. The highest BCUT2D eigenvalue weighted by Crippen LogP contribution is 2.08. The van der Waals surface area contributed by atoms with E-state index in [4.69, 9.17) is 9.53 Å². The number of carbonyl (C=O) groups is 1. The van der Waals surface area contributed by atoms with Gasteiger partial charge in [0, 0.05) is 0 Å². The minimum Gasteiger partial charge on any atom is -0.550 e. The van der Waals surface area contributed by atoms with Crippen molar-refractivity contribution in [3.05, 3.63) is 41.7 Å².